The van der Waals surface area contributed by atoms with Crippen LogP contribution in [0.4, 0.5) is 0 Å². The molecule has 3 aromatic rings. The molecule has 3 heterocycles. The quantitative estimate of drug-likeness (QED) is 0.762. The zero-order valence-electron chi connectivity index (χ0n) is 14.0. The number of benzene rings is 1. The average Bonchev–Trinajstić information content (AvgIpc) is 3.01. The SMILES string of the molecule is COc1ccc2c(c1)OC[C@H](NC(=O)c1cnc3n[nH]c(C)c3c1)C2. The van der Waals surface area contributed by atoms with Gasteiger partial charge in [-0.05, 0) is 31.0 Å². The van der Waals surface area contributed by atoms with E-state index in [1.54, 1.807) is 19.4 Å². The van der Waals surface area contributed by atoms with E-state index in [2.05, 4.69) is 20.5 Å². The van der Waals surface area contributed by atoms with Crippen molar-refractivity contribution in [3.05, 3.63) is 47.3 Å². The van der Waals surface area contributed by atoms with E-state index >= 15 is 0 Å². The minimum atomic E-state index is -0.166. The van der Waals surface area contributed by atoms with Gasteiger partial charge in [0.05, 0.1) is 18.7 Å². The van der Waals surface area contributed by atoms with Gasteiger partial charge in [-0.3, -0.25) is 9.89 Å². The van der Waals surface area contributed by atoms with Crippen LogP contribution < -0.4 is 14.8 Å². The Morgan fingerprint density at radius 2 is 2.28 bits per heavy atom. The molecule has 1 aliphatic heterocycles. The molecular weight excluding hydrogens is 320 g/mol. The highest BCUT2D eigenvalue weighted by Gasteiger charge is 2.22. The monoisotopic (exact) mass is 338 g/mol. The number of hydrogen-bond acceptors (Lipinski definition) is 5. The molecule has 4 rings (SSSR count). The number of amides is 1. The van der Waals surface area contributed by atoms with Gasteiger partial charge in [0.15, 0.2) is 5.65 Å². The van der Waals surface area contributed by atoms with Crippen molar-refractivity contribution < 1.29 is 14.3 Å². The minimum Gasteiger partial charge on any atom is -0.497 e. The molecule has 1 atom stereocenters. The maximum absolute atomic E-state index is 12.5. The van der Waals surface area contributed by atoms with Crippen LogP contribution in [-0.4, -0.2) is 40.8 Å². The zero-order chi connectivity index (χ0) is 17.4. The van der Waals surface area contributed by atoms with Crippen LogP contribution in [0.15, 0.2) is 30.5 Å². The van der Waals surface area contributed by atoms with Gasteiger partial charge in [0.25, 0.3) is 5.91 Å². The van der Waals surface area contributed by atoms with Crippen molar-refractivity contribution in [1.82, 2.24) is 20.5 Å². The van der Waals surface area contributed by atoms with Gasteiger partial charge in [-0.25, -0.2) is 4.98 Å². The third kappa shape index (κ3) is 2.88. The summed E-state index contributed by atoms with van der Waals surface area (Å²) in [5, 5.41) is 10.8. The Kier molecular flexibility index (Phi) is 3.76. The summed E-state index contributed by atoms with van der Waals surface area (Å²) in [6.45, 7) is 2.32. The Bertz CT molecular complexity index is 951. The first-order valence-electron chi connectivity index (χ1n) is 8.05. The third-order valence-electron chi connectivity index (χ3n) is 4.38. The lowest BCUT2D eigenvalue weighted by molar-refractivity contribution is 0.0915. The lowest BCUT2D eigenvalue weighted by atomic mass is 10.0. The van der Waals surface area contributed by atoms with Gasteiger partial charge in [-0.2, -0.15) is 5.10 Å². The van der Waals surface area contributed by atoms with E-state index in [1.165, 1.54) is 0 Å². The molecule has 0 unspecified atom stereocenters. The highest BCUT2D eigenvalue weighted by Crippen LogP contribution is 2.29. The van der Waals surface area contributed by atoms with Crippen LogP contribution in [0.25, 0.3) is 11.0 Å². The van der Waals surface area contributed by atoms with Crippen LogP contribution in [0, 0.1) is 6.92 Å². The molecule has 25 heavy (non-hydrogen) atoms. The molecule has 7 nitrogen and oxygen atoms in total. The molecule has 128 valence electrons. The number of H-pyrrole nitrogens is 1. The van der Waals surface area contributed by atoms with Gasteiger partial charge in [-0.15, -0.1) is 0 Å². The summed E-state index contributed by atoms with van der Waals surface area (Å²) in [6.07, 6.45) is 2.26. The Balaban J connectivity index is 1.49. The Morgan fingerprint density at radius 3 is 3.12 bits per heavy atom. The minimum absolute atomic E-state index is 0.0884. The van der Waals surface area contributed by atoms with Crippen molar-refractivity contribution in [2.24, 2.45) is 0 Å². The van der Waals surface area contributed by atoms with Crippen molar-refractivity contribution in [1.29, 1.82) is 0 Å². The number of carbonyl (C=O) groups excluding carboxylic acids is 1. The fourth-order valence-corrected chi connectivity index (χ4v) is 2.98. The number of methoxy groups -OCH3 is 1. The fourth-order valence-electron chi connectivity index (χ4n) is 2.98. The maximum atomic E-state index is 12.5. The normalized spacial score (nSPS) is 16.2. The number of aryl methyl sites for hydroxylation is 1. The number of rotatable bonds is 3. The van der Waals surface area contributed by atoms with Gasteiger partial charge < -0.3 is 14.8 Å². The number of ether oxygens (including phenoxy) is 2. The highest BCUT2D eigenvalue weighted by molar-refractivity contribution is 5.97. The van der Waals surface area contributed by atoms with E-state index in [0.717, 1.165) is 28.1 Å². The molecule has 0 radical (unpaired) electrons. The predicted octanol–water partition coefficient (Wildman–Crippen LogP) is 2.01. The predicted molar refractivity (Wildman–Crippen MR) is 92.1 cm³/mol. The number of nitrogens with zero attached hydrogens (tertiary/aromatic N) is 2. The Morgan fingerprint density at radius 1 is 1.40 bits per heavy atom. The number of hydrogen-bond donors (Lipinski definition) is 2. The highest BCUT2D eigenvalue weighted by atomic mass is 16.5. The van der Waals surface area contributed by atoms with Crippen molar-refractivity contribution in [3.63, 3.8) is 0 Å². The first kappa shape index (κ1) is 15.4. The summed E-state index contributed by atoms with van der Waals surface area (Å²) in [5.74, 6) is 1.40. The number of aromatic nitrogens is 3. The second-order valence-electron chi connectivity index (χ2n) is 6.10. The molecule has 1 aliphatic rings. The van der Waals surface area contributed by atoms with E-state index < -0.39 is 0 Å². The largest absolute Gasteiger partial charge is 0.497 e. The molecule has 2 aromatic heterocycles. The summed E-state index contributed by atoms with van der Waals surface area (Å²) in [4.78, 5) is 16.8. The standard InChI is InChI=1S/C18H18N4O3/c1-10-15-6-12(8-19-17(15)22-21-10)18(23)20-13-5-11-3-4-14(24-2)7-16(11)25-9-13/h3-4,6-8,13H,5,9H2,1-2H3,(H,20,23)(H,19,21,22)/t13-/m1/s1. The smallest absolute Gasteiger partial charge is 0.253 e. The van der Waals surface area contributed by atoms with E-state index in [4.69, 9.17) is 9.47 Å². The lowest BCUT2D eigenvalue weighted by Crippen LogP contribution is -2.42. The molecule has 0 fully saturated rings. The van der Waals surface area contributed by atoms with Gasteiger partial charge in [0.1, 0.15) is 18.1 Å². The third-order valence-corrected chi connectivity index (χ3v) is 4.38. The Hall–Kier alpha value is -3.09. The van der Waals surface area contributed by atoms with Crippen LogP contribution in [0.1, 0.15) is 21.6 Å². The second kappa shape index (κ2) is 6.08. The molecular formula is C18H18N4O3. The maximum Gasteiger partial charge on any atom is 0.253 e. The number of aromatic amines is 1. The summed E-state index contributed by atoms with van der Waals surface area (Å²) < 4.78 is 11.0. The van der Waals surface area contributed by atoms with Crippen molar-refractivity contribution in [2.45, 2.75) is 19.4 Å². The van der Waals surface area contributed by atoms with Crippen LogP contribution >= 0.6 is 0 Å². The molecule has 2 N–H and O–H groups in total. The lowest BCUT2D eigenvalue weighted by Gasteiger charge is -2.26. The van der Waals surface area contributed by atoms with Crippen LogP contribution in [0.3, 0.4) is 0 Å². The van der Waals surface area contributed by atoms with Gasteiger partial charge in [0, 0.05) is 23.3 Å². The van der Waals surface area contributed by atoms with Crippen molar-refractivity contribution in [3.8, 4) is 11.5 Å². The zero-order valence-corrected chi connectivity index (χ0v) is 14.0. The summed E-state index contributed by atoms with van der Waals surface area (Å²) in [5.41, 5.74) is 3.06. The summed E-state index contributed by atoms with van der Waals surface area (Å²) in [6, 6.07) is 7.45. The molecule has 0 bridgehead atoms. The molecule has 7 heteroatoms. The second-order valence-corrected chi connectivity index (χ2v) is 6.10. The van der Waals surface area contributed by atoms with E-state index in [1.807, 2.05) is 25.1 Å². The average molecular weight is 338 g/mol. The van der Waals surface area contributed by atoms with Crippen LogP contribution in [-0.2, 0) is 6.42 Å². The molecule has 0 aliphatic carbocycles. The summed E-state index contributed by atoms with van der Waals surface area (Å²) in [7, 11) is 1.63. The van der Waals surface area contributed by atoms with Crippen LogP contribution in [0.5, 0.6) is 11.5 Å². The molecule has 1 aromatic carbocycles. The van der Waals surface area contributed by atoms with Gasteiger partial charge in [0.2, 0.25) is 0 Å². The van der Waals surface area contributed by atoms with E-state index in [9.17, 15) is 4.79 Å². The van der Waals surface area contributed by atoms with Gasteiger partial charge >= 0.3 is 0 Å². The van der Waals surface area contributed by atoms with Gasteiger partial charge in [-0.1, -0.05) is 6.07 Å². The summed E-state index contributed by atoms with van der Waals surface area (Å²) >= 11 is 0. The number of pyridine rings is 1. The molecule has 1 amide bonds. The first-order chi connectivity index (χ1) is 12.1. The van der Waals surface area contributed by atoms with Crippen molar-refractivity contribution >= 4 is 16.9 Å². The molecule has 0 saturated carbocycles. The van der Waals surface area contributed by atoms with Crippen LogP contribution in [0.2, 0.25) is 0 Å². The molecule has 0 spiro atoms. The van der Waals surface area contributed by atoms with E-state index in [0.29, 0.717) is 24.2 Å². The van der Waals surface area contributed by atoms with E-state index in [-0.39, 0.29) is 11.9 Å². The first-order valence-corrected chi connectivity index (χ1v) is 8.05. The number of nitrogens with one attached hydrogen (secondary N) is 2. The Labute approximate surface area is 144 Å². The number of fused-ring (bicyclic) bond motifs is 2. The molecule has 0 saturated heterocycles. The van der Waals surface area contributed by atoms with Crippen molar-refractivity contribution in [2.75, 3.05) is 13.7 Å². The fraction of sp³-hybridized carbons (Fsp3) is 0.278. The topological polar surface area (TPSA) is 89.1 Å². The number of carbonyl (C=O) groups is 1.